The summed E-state index contributed by atoms with van der Waals surface area (Å²) in [6.07, 6.45) is 0. The standard InChI is InChI=1S/C14H23ClN4OS/c1-10(2)13(20)17-7-8-18-14(16-3)19(4)9-11-5-6-12(15)21-11/h5-6,10H,7-9H2,1-4H3,(H,16,18)(H,17,20). The van der Waals surface area contributed by atoms with E-state index in [1.807, 2.05) is 37.9 Å². The Morgan fingerprint density at radius 2 is 2.05 bits per heavy atom. The van der Waals surface area contributed by atoms with Crippen molar-refractivity contribution in [3.8, 4) is 0 Å². The highest BCUT2D eigenvalue weighted by Gasteiger charge is 2.09. The van der Waals surface area contributed by atoms with Crippen LogP contribution < -0.4 is 10.6 Å². The lowest BCUT2D eigenvalue weighted by molar-refractivity contribution is -0.123. The minimum absolute atomic E-state index is 0.00978. The van der Waals surface area contributed by atoms with Crippen LogP contribution in [0.3, 0.4) is 0 Å². The lowest BCUT2D eigenvalue weighted by atomic mass is 10.2. The second-order valence-corrected chi connectivity index (χ2v) is 6.78. The van der Waals surface area contributed by atoms with Crippen molar-refractivity contribution in [1.82, 2.24) is 15.5 Å². The zero-order valence-electron chi connectivity index (χ0n) is 12.9. The fourth-order valence-corrected chi connectivity index (χ4v) is 2.84. The van der Waals surface area contributed by atoms with Crippen molar-refractivity contribution in [3.63, 3.8) is 0 Å². The molecule has 0 radical (unpaired) electrons. The van der Waals surface area contributed by atoms with E-state index in [9.17, 15) is 4.79 Å². The molecule has 1 rings (SSSR count). The molecule has 0 aliphatic carbocycles. The third-order valence-corrected chi connectivity index (χ3v) is 4.04. The molecule has 1 heterocycles. The van der Waals surface area contributed by atoms with Crippen molar-refractivity contribution in [3.05, 3.63) is 21.3 Å². The monoisotopic (exact) mass is 330 g/mol. The largest absolute Gasteiger partial charge is 0.354 e. The van der Waals surface area contributed by atoms with Gasteiger partial charge in [0.1, 0.15) is 0 Å². The zero-order valence-corrected chi connectivity index (χ0v) is 14.5. The van der Waals surface area contributed by atoms with Gasteiger partial charge in [-0.05, 0) is 12.1 Å². The highest BCUT2D eigenvalue weighted by atomic mass is 35.5. The van der Waals surface area contributed by atoms with E-state index in [2.05, 4.69) is 15.6 Å². The smallest absolute Gasteiger partial charge is 0.222 e. The number of nitrogens with zero attached hydrogens (tertiary/aromatic N) is 2. The van der Waals surface area contributed by atoms with Crippen LogP contribution in [0.5, 0.6) is 0 Å². The van der Waals surface area contributed by atoms with Gasteiger partial charge in [-0.15, -0.1) is 11.3 Å². The maximum absolute atomic E-state index is 11.4. The molecule has 0 unspecified atom stereocenters. The second kappa shape index (κ2) is 8.89. The van der Waals surface area contributed by atoms with E-state index in [4.69, 9.17) is 11.6 Å². The van der Waals surface area contributed by atoms with E-state index in [1.165, 1.54) is 4.88 Å². The number of amides is 1. The van der Waals surface area contributed by atoms with Crippen LogP contribution in [0.25, 0.3) is 0 Å². The van der Waals surface area contributed by atoms with Gasteiger partial charge in [0.25, 0.3) is 0 Å². The SMILES string of the molecule is CN=C(NCCNC(=O)C(C)C)N(C)Cc1ccc(Cl)s1. The number of hydrogen-bond donors (Lipinski definition) is 2. The highest BCUT2D eigenvalue weighted by Crippen LogP contribution is 2.22. The van der Waals surface area contributed by atoms with Gasteiger partial charge in [-0.3, -0.25) is 9.79 Å². The van der Waals surface area contributed by atoms with Gasteiger partial charge in [-0.25, -0.2) is 0 Å². The summed E-state index contributed by atoms with van der Waals surface area (Å²) in [5.41, 5.74) is 0. The molecule has 0 aliphatic rings. The molecule has 0 saturated carbocycles. The highest BCUT2D eigenvalue weighted by molar-refractivity contribution is 7.16. The van der Waals surface area contributed by atoms with Crippen LogP contribution in [0, 0.1) is 5.92 Å². The van der Waals surface area contributed by atoms with Crippen molar-refractivity contribution in [2.24, 2.45) is 10.9 Å². The molecule has 2 N–H and O–H groups in total. The Labute approximate surface area is 135 Å². The van der Waals surface area contributed by atoms with E-state index in [0.29, 0.717) is 13.1 Å². The third-order valence-electron chi connectivity index (χ3n) is 2.83. The van der Waals surface area contributed by atoms with Crippen molar-refractivity contribution in [1.29, 1.82) is 0 Å². The van der Waals surface area contributed by atoms with Crippen molar-refractivity contribution >= 4 is 34.8 Å². The average molecular weight is 331 g/mol. The summed E-state index contributed by atoms with van der Waals surface area (Å²) in [5.74, 6) is 0.863. The van der Waals surface area contributed by atoms with Crippen LogP contribution in [0.15, 0.2) is 17.1 Å². The number of guanidine groups is 1. The summed E-state index contributed by atoms with van der Waals surface area (Å²) in [6.45, 7) is 5.72. The van der Waals surface area contributed by atoms with Gasteiger partial charge in [0.05, 0.1) is 10.9 Å². The molecule has 1 aromatic rings. The van der Waals surface area contributed by atoms with E-state index in [1.54, 1.807) is 18.4 Å². The summed E-state index contributed by atoms with van der Waals surface area (Å²) >= 11 is 7.49. The molecule has 21 heavy (non-hydrogen) atoms. The average Bonchev–Trinajstić information content (AvgIpc) is 2.83. The molecule has 0 atom stereocenters. The summed E-state index contributed by atoms with van der Waals surface area (Å²) in [7, 11) is 3.71. The molecule has 0 spiro atoms. The Morgan fingerprint density at radius 3 is 2.57 bits per heavy atom. The van der Waals surface area contributed by atoms with Gasteiger partial charge in [0.2, 0.25) is 5.91 Å². The van der Waals surface area contributed by atoms with Gasteiger partial charge >= 0.3 is 0 Å². The molecule has 0 aromatic carbocycles. The molecule has 0 fully saturated rings. The molecule has 0 aliphatic heterocycles. The van der Waals surface area contributed by atoms with Gasteiger partial charge in [-0.2, -0.15) is 0 Å². The Hall–Kier alpha value is -1.27. The van der Waals surface area contributed by atoms with Crippen molar-refractivity contribution in [2.75, 3.05) is 27.2 Å². The van der Waals surface area contributed by atoms with E-state index >= 15 is 0 Å². The Balaban J connectivity index is 2.35. The third kappa shape index (κ3) is 6.35. The fourth-order valence-electron chi connectivity index (χ4n) is 1.69. The number of hydrogen-bond acceptors (Lipinski definition) is 3. The maximum Gasteiger partial charge on any atom is 0.222 e. The van der Waals surface area contributed by atoms with Crippen LogP contribution in [0.4, 0.5) is 0 Å². The number of thiophene rings is 1. The van der Waals surface area contributed by atoms with Crippen molar-refractivity contribution < 1.29 is 4.79 Å². The molecule has 7 heteroatoms. The number of halogens is 1. The molecular formula is C14H23ClN4OS. The first kappa shape index (κ1) is 17.8. The van der Waals surface area contributed by atoms with E-state index in [-0.39, 0.29) is 11.8 Å². The topological polar surface area (TPSA) is 56.7 Å². The summed E-state index contributed by atoms with van der Waals surface area (Å²) in [6, 6.07) is 3.91. The minimum atomic E-state index is 0.00978. The van der Waals surface area contributed by atoms with E-state index in [0.717, 1.165) is 16.8 Å². The molecule has 0 saturated heterocycles. The number of nitrogens with one attached hydrogen (secondary N) is 2. The quantitative estimate of drug-likeness (QED) is 0.477. The minimum Gasteiger partial charge on any atom is -0.354 e. The maximum atomic E-state index is 11.4. The van der Waals surface area contributed by atoms with Crippen LogP contribution in [0.1, 0.15) is 18.7 Å². The lowest BCUT2D eigenvalue weighted by Gasteiger charge is -2.21. The fraction of sp³-hybridized carbons (Fsp3) is 0.571. The Kier molecular flexibility index (Phi) is 7.53. The van der Waals surface area contributed by atoms with Crippen molar-refractivity contribution in [2.45, 2.75) is 20.4 Å². The van der Waals surface area contributed by atoms with Crippen LogP contribution in [-0.2, 0) is 11.3 Å². The summed E-state index contributed by atoms with van der Waals surface area (Å²) in [5, 5.41) is 6.09. The first-order valence-electron chi connectivity index (χ1n) is 6.87. The molecule has 0 bridgehead atoms. The predicted molar refractivity (Wildman–Crippen MR) is 90.0 cm³/mol. The van der Waals surface area contributed by atoms with Crippen LogP contribution in [0.2, 0.25) is 4.34 Å². The predicted octanol–water partition coefficient (Wildman–Crippen LogP) is 2.18. The van der Waals surface area contributed by atoms with Crippen LogP contribution >= 0.6 is 22.9 Å². The van der Waals surface area contributed by atoms with Gasteiger partial charge in [-0.1, -0.05) is 25.4 Å². The first-order valence-corrected chi connectivity index (χ1v) is 8.07. The Bertz CT molecular complexity index is 487. The van der Waals surface area contributed by atoms with Crippen LogP contribution in [-0.4, -0.2) is 44.0 Å². The molecule has 118 valence electrons. The molecule has 5 nitrogen and oxygen atoms in total. The van der Waals surface area contributed by atoms with Gasteiger partial charge in [0, 0.05) is 38.0 Å². The first-order chi connectivity index (χ1) is 9.93. The lowest BCUT2D eigenvalue weighted by Crippen LogP contribution is -2.42. The van der Waals surface area contributed by atoms with E-state index < -0.39 is 0 Å². The molecular weight excluding hydrogens is 308 g/mol. The summed E-state index contributed by atoms with van der Waals surface area (Å²) in [4.78, 5) is 18.9. The zero-order chi connectivity index (χ0) is 15.8. The van der Waals surface area contributed by atoms with Gasteiger partial charge in [0.15, 0.2) is 5.96 Å². The summed E-state index contributed by atoms with van der Waals surface area (Å²) < 4.78 is 0.790. The Morgan fingerprint density at radius 1 is 1.38 bits per heavy atom. The normalized spacial score (nSPS) is 11.6. The second-order valence-electron chi connectivity index (χ2n) is 4.98. The number of aliphatic imine (C=N–C) groups is 1. The molecule has 1 amide bonds. The number of carbonyl (C=O) groups is 1. The van der Waals surface area contributed by atoms with Gasteiger partial charge < -0.3 is 15.5 Å². The number of rotatable bonds is 6. The molecule has 1 aromatic heterocycles. The number of carbonyl (C=O) groups excluding carboxylic acids is 1.